The van der Waals surface area contributed by atoms with E-state index in [2.05, 4.69) is 15.3 Å². The zero-order valence-electron chi connectivity index (χ0n) is 10.1. The number of amides is 1. The molecule has 1 aromatic carbocycles. The molecule has 0 aliphatic heterocycles. The van der Waals surface area contributed by atoms with E-state index in [-0.39, 0.29) is 11.2 Å². The van der Waals surface area contributed by atoms with Crippen LogP contribution in [0.4, 0.5) is 11.5 Å². The summed E-state index contributed by atoms with van der Waals surface area (Å²) in [5, 5.41) is 2.65. The molecule has 2 rings (SSSR count). The van der Waals surface area contributed by atoms with Crippen molar-refractivity contribution in [1.29, 1.82) is 0 Å². The molecule has 0 aliphatic rings. The van der Waals surface area contributed by atoms with Gasteiger partial charge in [0.2, 0.25) is 5.28 Å². The molecule has 6 nitrogen and oxygen atoms in total. The maximum absolute atomic E-state index is 12.0. The Morgan fingerprint density at radius 1 is 1.42 bits per heavy atom. The summed E-state index contributed by atoms with van der Waals surface area (Å²) in [5.74, 6) is 0.491. The van der Waals surface area contributed by atoms with Crippen LogP contribution in [-0.4, -0.2) is 23.0 Å². The van der Waals surface area contributed by atoms with Gasteiger partial charge in [-0.2, -0.15) is 0 Å². The van der Waals surface area contributed by atoms with E-state index in [9.17, 15) is 4.79 Å². The van der Waals surface area contributed by atoms with Crippen molar-refractivity contribution in [1.82, 2.24) is 9.97 Å². The molecule has 19 heavy (non-hydrogen) atoms. The lowest BCUT2D eigenvalue weighted by Gasteiger charge is -2.07. The Hall–Kier alpha value is -2.34. The molecule has 2 aromatic rings. The third-order valence-corrected chi connectivity index (χ3v) is 2.54. The van der Waals surface area contributed by atoms with Crippen LogP contribution in [0, 0.1) is 0 Å². The molecule has 98 valence electrons. The maximum Gasteiger partial charge on any atom is 0.256 e. The van der Waals surface area contributed by atoms with Gasteiger partial charge in [0.1, 0.15) is 11.6 Å². The van der Waals surface area contributed by atoms with Crippen LogP contribution in [0.15, 0.2) is 30.5 Å². The molecule has 0 spiro atoms. The zero-order chi connectivity index (χ0) is 13.8. The average molecular weight is 279 g/mol. The lowest BCUT2D eigenvalue weighted by atomic mass is 10.2. The van der Waals surface area contributed by atoms with Crippen LogP contribution in [0.3, 0.4) is 0 Å². The predicted octanol–water partition coefficient (Wildman–Crippen LogP) is 1.97. The van der Waals surface area contributed by atoms with Crippen LogP contribution in [0.2, 0.25) is 5.28 Å². The van der Waals surface area contributed by atoms with Crippen molar-refractivity contribution < 1.29 is 9.53 Å². The Balaban J connectivity index is 2.18. The minimum Gasteiger partial charge on any atom is -0.495 e. The summed E-state index contributed by atoms with van der Waals surface area (Å²) in [5.41, 5.74) is 6.52. The summed E-state index contributed by atoms with van der Waals surface area (Å²) in [6.07, 6.45) is 1.45. The topological polar surface area (TPSA) is 90.1 Å². The second-order valence-electron chi connectivity index (χ2n) is 3.62. The van der Waals surface area contributed by atoms with E-state index in [1.54, 1.807) is 12.1 Å². The van der Waals surface area contributed by atoms with Crippen molar-refractivity contribution in [2.45, 2.75) is 0 Å². The second kappa shape index (κ2) is 5.53. The van der Waals surface area contributed by atoms with E-state index < -0.39 is 0 Å². The van der Waals surface area contributed by atoms with Crippen LogP contribution in [0.1, 0.15) is 10.4 Å². The summed E-state index contributed by atoms with van der Waals surface area (Å²) in [4.78, 5) is 19.6. The van der Waals surface area contributed by atoms with E-state index in [0.29, 0.717) is 22.8 Å². The molecular formula is C12H11ClN4O2. The van der Waals surface area contributed by atoms with Gasteiger partial charge in [0.15, 0.2) is 0 Å². The van der Waals surface area contributed by atoms with Gasteiger partial charge in [0.25, 0.3) is 5.91 Å². The number of carbonyl (C=O) groups is 1. The summed E-state index contributed by atoms with van der Waals surface area (Å²) >= 11 is 5.63. The highest BCUT2D eigenvalue weighted by Gasteiger charge is 2.09. The van der Waals surface area contributed by atoms with E-state index in [1.165, 1.54) is 25.4 Å². The standard InChI is InChI=1S/C12H11ClN4O2/c1-19-9-3-2-7(6-8(9)14)11(18)16-10-4-5-15-12(13)17-10/h2-6H,14H2,1H3,(H,15,16,17,18). The van der Waals surface area contributed by atoms with Gasteiger partial charge >= 0.3 is 0 Å². The number of carbonyl (C=O) groups excluding carboxylic acids is 1. The number of anilines is 2. The third-order valence-electron chi connectivity index (χ3n) is 2.36. The number of ether oxygens (including phenoxy) is 1. The number of aromatic nitrogens is 2. The van der Waals surface area contributed by atoms with Crippen molar-refractivity contribution >= 4 is 29.0 Å². The molecule has 1 amide bonds. The highest BCUT2D eigenvalue weighted by Crippen LogP contribution is 2.22. The van der Waals surface area contributed by atoms with Crippen LogP contribution in [0.25, 0.3) is 0 Å². The van der Waals surface area contributed by atoms with Crippen molar-refractivity contribution in [3.05, 3.63) is 41.3 Å². The normalized spacial score (nSPS) is 10.0. The fourth-order valence-corrected chi connectivity index (χ4v) is 1.62. The van der Waals surface area contributed by atoms with E-state index in [1.807, 2.05) is 0 Å². The highest BCUT2D eigenvalue weighted by molar-refractivity contribution is 6.28. The summed E-state index contributed by atoms with van der Waals surface area (Å²) in [6, 6.07) is 6.29. The quantitative estimate of drug-likeness (QED) is 0.662. The van der Waals surface area contributed by atoms with Crippen molar-refractivity contribution in [2.75, 3.05) is 18.2 Å². The molecule has 0 radical (unpaired) electrons. The van der Waals surface area contributed by atoms with Gasteiger partial charge in [-0.1, -0.05) is 0 Å². The number of hydrogen-bond donors (Lipinski definition) is 2. The number of nitrogens with one attached hydrogen (secondary N) is 1. The Morgan fingerprint density at radius 2 is 2.21 bits per heavy atom. The third kappa shape index (κ3) is 3.11. The van der Waals surface area contributed by atoms with Gasteiger partial charge in [0, 0.05) is 11.8 Å². The Labute approximate surface area is 114 Å². The van der Waals surface area contributed by atoms with Gasteiger partial charge in [-0.25, -0.2) is 9.97 Å². The number of nitrogen functional groups attached to an aromatic ring is 1. The molecule has 0 aliphatic carbocycles. The number of nitrogens with zero attached hydrogens (tertiary/aromatic N) is 2. The minimum absolute atomic E-state index is 0.0621. The molecule has 1 heterocycles. The van der Waals surface area contributed by atoms with Gasteiger partial charge in [-0.15, -0.1) is 0 Å². The Morgan fingerprint density at radius 3 is 2.84 bits per heavy atom. The number of rotatable bonds is 3. The van der Waals surface area contributed by atoms with E-state index in [0.717, 1.165) is 0 Å². The lowest BCUT2D eigenvalue weighted by molar-refractivity contribution is 0.102. The summed E-state index contributed by atoms with van der Waals surface area (Å²) in [7, 11) is 1.51. The first-order valence-corrected chi connectivity index (χ1v) is 5.71. The average Bonchev–Trinajstić information content (AvgIpc) is 2.38. The molecule has 3 N–H and O–H groups in total. The Kier molecular flexibility index (Phi) is 3.82. The van der Waals surface area contributed by atoms with Crippen LogP contribution < -0.4 is 15.8 Å². The summed E-state index contributed by atoms with van der Waals surface area (Å²) in [6.45, 7) is 0. The first kappa shape index (κ1) is 13.1. The number of nitrogens with two attached hydrogens (primary N) is 1. The molecule has 0 atom stereocenters. The van der Waals surface area contributed by atoms with Gasteiger partial charge in [0.05, 0.1) is 12.8 Å². The molecule has 0 saturated carbocycles. The number of benzene rings is 1. The van der Waals surface area contributed by atoms with Crippen LogP contribution in [0.5, 0.6) is 5.75 Å². The van der Waals surface area contributed by atoms with Crippen LogP contribution >= 0.6 is 11.6 Å². The maximum atomic E-state index is 12.0. The van der Waals surface area contributed by atoms with Crippen molar-refractivity contribution in [3.63, 3.8) is 0 Å². The van der Waals surface area contributed by atoms with Crippen molar-refractivity contribution in [2.24, 2.45) is 0 Å². The molecule has 0 unspecified atom stereocenters. The van der Waals surface area contributed by atoms with E-state index >= 15 is 0 Å². The molecule has 1 aromatic heterocycles. The number of hydrogen-bond acceptors (Lipinski definition) is 5. The van der Waals surface area contributed by atoms with Gasteiger partial charge in [-0.3, -0.25) is 4.79 Å². The lowest BCUT2D eigenvalue weighted by Crippen LogP contribution is -2.13. The molecular weight excluding hydrogens is 268 g/mol. The SMILES string of the molecule is COc1ccc(C(=O)Nc2ccnc(Cl)n2)cc1N. The molecule has 0 fully saturated rings. The van der Waals surface area contributed by atoms with Crippen molar-refractivity contribution in [3.8, 4) is 5.75 Å². The summed E-state index contributed by atoms with van der Waals surface area (Å²) < 4.78 is 5.02. The first-order chi connectivity index (χ1) is 9.10. The van der Waals surface area contributed by atoms with Crippen LogP contribution in [-0.2, 0) is 0 Å². The Bertz CT molecular complexity index is 618. The highest BCUT2D eigenvalue weighted by atomic mass is 35.5. The predicted molar refractivity (Wildman–Crippen MR) is 72.4 cm³/mol. The largest absolute Gasteiger partial charge is 0.495 e. The fourth-order valence-electron chi connectivity index (χ4n) is 1.47. The minimum atomic E-state index is -0.343. The zero-order valence-corrected chi connectivity index (χ0v) is 10.8. The second-order valence-corrected chi connectivity index (χ2v) is 3.96. The molecule has 0 bridgehead atoms. The number of halogens is 1. The smallest absolute Gasteiger partial charge is 0.256 e. The molecule has 7 heteroatoms. The molecule has 0 saturated heterocycles. The van der Waals surface area contributed by atoms with Gasteiger partial charge in [-0.05, 0) is 35.9 Å². The fraction of sp³-hybridized carbons (Fsp3) is 0.0833. The number of methoxy groups -OCH3 is 1. The van der Waals surface area contributed by atoms with E-state index in [4.69, 9.17) is 22.1 Å². The first-order valence-electron chi connectivity index (χ1n) is 5.33. The monoisotopic (exact) mass is 278 g/mol. The van der Waals surface area contributed by atoms with Gasteiger partial charge < -0.3 is 15.8 Å².